The van der Waals surface area contributed by atoms with Crippen molar-refractivity contribution in [3.8, 4) is 6.07 Å². The Bertz CT molecular complexity index is 688. The quantitative estimate of drug-likeness (QED) is 0.797. The Hall–Kier alpha value is -1.93. The molecule has 0 amide bonds. The molecule has 0 aliphatic carbocycles. The fourth-order valence-corrected chi connectivity index (χ4v) is 2.79. The van der Waals surface area contributed by atoms with Crippen molar-refractivity contribution in [1.29, 1.82) is 5.26 Å². The van der Waals surface area contributed by atoms with Crippen molar-refractivity contribution in [2.24, 2.45) is 5.41 Å². The van der Waals surface area contributed by atoms with Crippen LogP contribution >= 0.6 is 0 Å². The van der Waals surface area contributed by atoms with Gasteiger partial charge in [-0.15, -0.1) is 0 Å². The van der Waals surface area contributed by atoms with E-state index < -0.39 is 0 Å². The molecular weight excluding hydrogens is 286 g/mol. The lowest BCUT2D eigenvalue weighted by Crippen LogP contribution is -2.18. The molecule has 23 heavy (non-hydrogen) atoms. The van der Waals surface area contributed by atoms with Crippen LogP contribution in [0.15, 0.2) is 12.3 Å². The molecule has 2 rings (SSSR count). The average Bonchev–Trinajstić information content (AvgIpc) is 2.82. The normalized spacial score (nSPS) is 11.8. The van der Waals surface area contributed by atoms with E-state index in [0.717, 1.165) is 30.5 Å². The summed E-state index contributed by atoms with van der Waals surface area (Å²) in [5.41, 5.74) is 2.34. The molecule has 0 spiro atoms. The Balaban J connectivity index is 2.27. The molecule has 2 aromatic rings. The maximum Gasteiger partial charge on any atom is 0.234 e. The minimum absolute atomic E-state index is 0.157. The number of hydrogen-bond donors (Lipinski definition) is 1. The van der Waals surface area contributed by atoms with Crippen LogP contribution in [0.2, 0.25) is 0 Å². The van der Waals surface area contributed by atoms with Crippen molar-refractivity contribution >= 4 is 11.0 Å². The number of nitrogens with one attached hydrogen (secondary N) is 1. The Morgan fingerprint density at radius 2 is 2.04 bits per heavy atom. The zero-order chi connectivity index (χ0) is 16.9. The first-order valence-electron chi connectivity index (χ1n) is 8.34. The highest BCUT2D eigenvalue weighted by Gasteiger charge is 2.17. The lowest BCUT2D eigenvalue weighted by atomic mass is 9.96. The maximum atomic E-state index is 9.06. The van der Waals surface area contributed by atoms with Crippen LogP contribution in [0.5, 0.6) is 0 Å². The number of aryl methyl sites for hydroxylation is 1. The molecule has 0 atom stereocenters. The van der Waals surface area contributed by atoms with Gasteiger partial charge in [0.15, 0.2) is 0 Å². The molecule has 5 nitrogen and oxygen atoms in total. The minimum atomic E-state index is 0.157. The van der Waals surface area contributed by atoms with Crippen molar-refractivity contribution in [3.63, 3.8) is 0 Å². The van der Waals surface area contributed by atoms with Gasteiger partial charge in [0.2, 0.25) is 5.82 Å². The number of unbranched alkanes of at least 4 members (excludes halogenated alkanes) is 2. The molecule has 5 heteroatoms. The minimum Gasteiger partial charge on any atom is -0.329 e. The molecule has 2 heterocycles. The summed E-state index contributed by atoms with van der Waals surface area (Å²) in [4.78, 5) is 8.54. The Kier molecular flexibility index (Phi) is 5.73. The van der Waals surface area contributed by atoms with E-state index in [2.05, 4.69) is 46.7 Å². The molecule has 0 aromatic carbocycles. The van der Waals surface area contributed by atoms with E-state index in [9.17, 15) is 0 Å². The van der Waals surface area contributed by atoms with Crippen LogP contribution in [0.4, 0.5) is 0 Å². The van der Waals surface area contributed by atoms with E-state index in [0.29, 0.717) is 0 Å². The van der Waals surface area contributed by atoms with E-state index in [4.69, 9.17) is 5.26 Å². The number of aromatic nitrogens is 3. The smallest absolute Gasteiger partial charge is 0.234 e. The van der Waals surface area contributed by atoms with E-state index in [1.165, 1.54) is 25.0 Å². The first-order valence-corrected chi connectivity index (χ1v) is 8.34. The molecule has 0 fully saturated rings. The lowest BCUT2D eigenvalue weighted by molar-refractivity contribution is 0.343. The zero-order valence-electron chi connectivity index (χ0n) is 14.7. The highest BCUT2D eigenvalue weighted by molar-refractivity contribution is 5.77. The van der Waals surface area contributed by atoms with Crippen LogP contribution in [0.25, 0.3) is 11.0 Å². The standard InChI is InChI=1S/C18H27N5/c1-18(2,3)13-23-15(8-6-5-7-9-20-4)10-14-12-21-16(11-19)22-17(14)23/h10,12,20H,5-9,13H2,1-4H3. The summed E-state index contributed by atoms with van der Waals surface area (Å²) in [6, 6.07) is 4.22. The SMILES string of the molecule is CNCCCCCc1cc2cnc(C#N)nc2n1CC(C)(C)C. The van der Waals surface area contributed by atoms with Crippen molar-refractivity contribution < 1.29 is 0 Å². The van der Waals surface area contributed by atoms with Gasteiger partial charge in [0, 0.05) is 23.8 Å². The van der Waals surface area contributed by atoms with E-state index in [1.807, 2.05) is 13.1 Å². The van der Waals surface area contributed by atoms with Gasteiger partial charge in [-0.2, -0.15) is 5.26 Å². The van der Waals surface area contributed by atoms with Gasteiger partial charge >= 0.3 is 0 Å². The Morgan fingerprint density at radius 3 is 2.70 bits per heavy atom. The van der Waals surface area contributed by atoms with Crippen LogP contribution in [-0.4, -0.2) is 28.1 Å². The third-order valence-corrected chi connectivity index (χ3v) is 3.81. The van der Waals surface area contributed by atoms with Crippen LogP contribution in [0.1, 0.15) is 51.6 Å². The predicted octanol–water partition coefficient (Wildman–Crippen LogP) is 3.28. The molecule has 0 saturated carbocycles. The molecule has 0 unspecified atom stereocenters. The van der Waals surface area contributed by atoms with Gasteiger partial charge in [-0.3, -0.25) is 0 Å². The van der Waals surface area contributed by atoms with Gasteiger partial charge < -0.3 is 9.88 Å². The van der Waals surface area contributed by atoms with Crippen LogP contribution in [0, 0.1) is 16.7 Å². The monoisotopic (exact) mass is 313 g/mol. The second-order valence-electron chi connectivity index (χ2n) is 7.28. The summed E-state index contributed by atoms with van der Waals surface area (Å²) in [6.45, 7) is 8.64. The summed E-state index contributed by atoms with van der Waals surface area (Å²) < 4.78 is 2.27. The molecule has 0 aliphatic rings. The van der Waals surface area contributed by atoms with Gasteiger partial charge in [-0.05, 0) is 44.3 Å². The fraction of sp³-hybridized carbons (Fsp3) is 0.611. The molecule has 0 radical (unpaired) electrons. The summed E-state index contributed by atoms with van der Waals surface area (Å²) in [5.74, 6) is 0.242. The average molecular weight is 313 g/mol. The van der Waals surface area contributed by atoms with Gasteiger partial charge in [0.1, 0.15) is 11.7 Å². The van der Waals surface area contributed by atoms with Crippen molar-refractivity contribution in [2.75, 3.05) is 13.6 Å². The molecular formula is C18H27N5. The third kappa shape index (κ3) is 4.77. The number of nitrogens with zero attached hydrogens (tertiary/aromatic N) is 4. The second-order valence-corrected chi connectivity index (χ2v) is 7.28. The Morgan fingerprint density at radius 1 is 1.26 bits per heavy atom. The second kappa shape index (κ2) is 7.56. The first kappa shape index (κ1) is 17.4. The van der Waals surface area contributed by atoms with Crippen molar-refractivity contribution in [1.82, 2.24) is 19.9 Å². The largest absolute Gasteiger partial charge is 0.329 e. The lowest BCUT2D eigenvalue weighted by Gasteiger charge is -2.21. The topological polar surface area (TPSA) is 66.5 Å². The van der Waals surface area contributed by atoms with Gasteiger partial charge in [-0.1, -0.05) is 27.2 Å². The summed E-state index contributed by atoms with van der Waals surface area (Å²) >= 11 is 0. The maximum absolute atomic E-state index is 9.06. The summed E-state index contributed by atoms with van der Waals surface area (Å²) in [6.07, 6.45) is 6.39. The zero-order valence-corrected chi connectivity index (χ0v) is 14.7. The van der Waals surface area contributed by atoms with E-state index in [-0.39, 0.29) is 11.2 Å². The highest BCUT2D eigenvalue weighted by Crippen LogP contribution is 2.25. The van der Waals surface area contributed by atoms with E-state index >= 15 is 0 Å². The van der Waals surface area contributed by atoms with Crippen LogP contribution < -0.4 is 5.32 Å². The van der Waals surface area contributed by atoms with Gasteiger partial charge in [-0.25, -0.2) is 9.97 Å². The molecule has 2 aromatic heterocycles. The van der Waals surface area contributed by atoms with Crippen LogP contribution in [0.3, 0.4) is 0 Å². The summed E-state index contributed by atoms with van der Waals surface area (Å²) in [5, 5.41) is 13.3. The molecule has 1 N–H and O–H groups in total. The number of nitriles is 1. The fourth-order valence-electron chi connectivity index (χ4n) is 2.79. The van der Waals surface area contributed by atoms with Crippen molar-refractivity contribution in [2.45, 2.75) is 53.0 Å². The van der Waals surface area contributed by atoms with Crippen LogP contribution in [-0.2, 0) is 13.0 Å². The third-order valence-electron chi connectivity index (χ3n) is 3.81. The van der Waals surface area contributed by atoms with E-state index in [1.54, 1.807) is 6.20 Å². The Labute approximate surface area is 138 Å². The molecule has 124 valence electrons. The number of hydrogen-bond acceptors (Lipinski definition) is 4. The number of fused-ring (bicyclic) bond motifs is 1. The first-order chi connectivity index (χ1) is 10.9. The molecule has 0 bridgehead atoms. The highest BCUT2D eigenvalue weighted by atomic mass is 15.1. The number of rotatable bonds is 7. The summed E-state index contributed by atoms with van der Waals surface area (Å²) in [7, 11) is 1.99. The predicted molar refractivity (Wildman–Crippen MR) is 93.2 cm³/mol. The van der Waals surface area contributed by atoms with Gasteiger partial charge in [0.05, 0.1) is 0 Å². The molecule has 0 saturated heterocycles. The van der Waals surface area contributed by atoms with Gasteiger partial charge in [0.25, 0.3) is 0 Å². The van der Waals surface area contributed by atoms with Crippen molar-refractivity contribution in [3.05, 3.63) is 23.8 Å². The molecule has 0 aliphatic heterocycles.